The van der Waals surface area contributed by atoms with E-state index in [1.807, 2.05) is 73.8 Å². The second-order valence-electron chi connectivity index (χ2n) is 6.43. The predicted molar refractivity (Wildman–Crippen MR) is 139 cm³/mol. The van der Waals surface area contributed by atoms with E-state index in [1.54, 1.807) is 0 Å². The van der Waals surface area contributed by atoms with E-state index in [2.05, 4.69) is 0 Å². The van der Waals surface area contributed by atoms with E-state index >= 15 is 0 Å². The molecule has 34 heavy (non-hydrogen) atoms. The third-order valence-electron chi connectivity index (χ3n) is 4.03. The summed E-state index contributed by atoms with van der Waals surface area (Å²) in [7, 11) is -5.60. The topological polar surface area (TPSA) is 150 Å². The standard InChI is InChI=1S/C18H12F2I3NO9S/c19-18(20,34(29,30)31)4-1-5-32-16(25)9-2-3-13(24(27)28)14(6-9)33-17(26)11-7-10(21)8-12(22)15(11)23/h2-3,6-8H,1,4-5H2,(H,29,30,31). The molecule has 0 aromatic heterocycles. The van der Waals surface area contributed by atoms with Gasteiger partial charge in [0.15, 0.2) is 0 Å². The fourth-order valence-corrected chi connectivity index (χ4v) is 5.17. The van der Waals surface area contributed by atoms with Crippen LogP contribution in [0.1, 0.15) is 33.6 Å². The van der Waals surface area contributed by atoms with Crippen LogP contribution in [0.25, 0.3) is 0 Å². The Morgan fingerprint density at radius 1 is 1.12 bits per heavy atom. The fourth-order valence-electron chi connectivity index (χ4n) is 2.39. The summed E-state index contributed by atoms with van der Waals surface area (Å²) in [6.45, 7) is -0.630. The molecule has 0 aliphatic carbocycles. The van der Waals surface area contributed by atoms with Gasteiger partial charge in [-0.15, -0.1) is 0 Å². The average Bonchev–Trinajstić information content (AvgIpc) is 2.72. The van der Waals surface area contributed by atoms with Gasteiger partial charge >= 0.3 is 33.0 Å². The molecule has 0 heterocycles. The van der Waals surface area contributed by atoms with Crippen LogP contribution in [-0.2, 0) is 14.9 Å². The summed E-state index contributed by atoms with van der Waals surface area (Å²) in [5, 5.41) is 6.93. The molecule has 0 bridgehead atoms. The first-order valence-corrected chi connectivity index (χ1v) is 13.5. The lowest BCUT2D eigenvalue weighted by Gasteiger charge is -2.12. The molecule has 1 N–H and O–H groups in total. The Bertz CT molecular complexity index is 1260. The summed E-state index contributed by atoms with van der Waals surface area (Å²) in [4.78, 5) is 35.4. The molecular formula is C18H12F2I3NO9S. The zero-order chi connectivity index (χ0) is 25.8. The number of nitro benzene ring substituents is 1. The van der Waals surface area contributed by atoms with Gasteiger partial charge in [0.25, 0.3) is 0 Å². The van der Waals surface area contributed by atoms with Gasteiger partial charge in [-0.3, -0.25) is 14.7 Å². The average molecular weight is 837 g/mol. The summed E-state index contributed by atoms with van der Waals surface area (Å²) in [5.41, 5.74) is -0.728. The van der Waals surface area contributed by atoms with Crippen molar-refractivity contribution in [1.29, 1.82) is 0 Å². The molecule has 0 saturated carbocycles. The lowest BCUT2D eigenvalue weighted by molar-refractivity contribution is -0.385. The molecule has 0 amide bonds. The van der Waals surface area contributed by atoms with E-state index in [0.717, 1.165) is 25.3 Å². The third kappa shape index (κ3) is 7.37. The van der Waals surface area contributed by atoms with E-state index in [9.17, 15) is 36.9 Å². The predicted octanol–water partition coefficient (Wildman–Crippen LogP) is 5.05. The fraction of sp³-hybridized carbons (Fsp3) is 0.222. The number of hydrogen-bond acceptors (Lipinski definition) is 8. The largest absolute Gasteiger partial charge is 0.462 e. The first-order chi connectivity index (χ1) is 15.6. The summed E-state index contributed by atoms with van der Waals surface area (Å²) in [6.07, 6.45) is -1.90. The second-order valence-corrected chi connectivity index (χ2v) is 11.5. The smallest absolute Gasteiger partial charge is 0.370 e. The van der Waals surface area contributed by atoms with Crippen LogP contribution in [-0.4, -0.2) is 41.7 Å². The summed E-state index contributed by atoms with van der Waals surface area (Å²) in [5.74, 6) is -2.52. The quantitative estimate of drug-likeness (QED) is 0.0536. The van der Waals surface area contributed by atoms with Crippen molar-refractivity contribution in [3.63, 3.8) is 0 Å². The van der Waals surface area contributed by atoms with Crippen molar-refractivity contribution in [3.05, 3.63) is 62.3 Å². The lowest BCUT2D eigenvalue weighted by atomic mass is 10.2. The molecule has 0 aliphatic rings. The van der Waals surface area contributed by atoms with Crippen LogP contribution in [0.3, 0.4) is 0 Å². The van der Waals surface area contributed by atoms with Crippen molar-refractivity contribution in [2.75, 3.05) is 6.61 Å². The summed E-state index contributed by atoms with van der Waals surface area (Å²) >= 11 is 5.92. The van der Waals surface area contributed by atoms with Crippen LogP contribution in [0, 0.1) is 20.8 Å². The Kier molecular flexibility index (Phi) is 9.93. The second kappa shape index (κ2) is 11.6. The van der Waals surface area contributed by atoms with Crippen LogP contribution >= 0.6 is 67.8 Å². The number of ether oxygens (including phenoxy) is 2. The van der Waals surface area contributed by atoms with E-state index in [4.69, 9.17) is 14.0 Å². The molecule has 184 valence electrons. The first-order valence-electron chi connectivity index (χ1n) is 8.81. The number of nitro groups is 1. The maximum atomic E-state index is 13.2. The highest BCUT2D eigenvalue weighted by molar-refractivity contribution is 14.1. The Balaban J connectivity index is 2.19. The number of carbonyl (C=O) groups excluding carboxylic acids is 2. The van der Waals surface area contributed by atoms with Crippen LogP contribution in [0.4, 0.5) is 14.5 Å². The molecule has 10 nitrogen and oxygen atoms in total. The number of halogens is 5. The molecule has 2 aromatic rings. The zero-order valence-electron chi connectivity index (χ0n) is 16.5. The first kappa shape index (κ1) is 29.0. The van der Waals surface area contributed by atoms with Crippen LogP contribution in [0.5, 0.6) is 5.75 Å². The van der Waals surface area contributed by atoms with Crippen molar-refractivity contribution in [3.8, 4) is 5.75 Å². The van der Waals surface area contributed by atoms with E-state index in [0.29, 0.717) is 3.57 Å². The van der Waals surface area contributed by atoms with E-state index < -0.39 is 63.1 Å². The Morgan fingerprint density at radius 3 is 2.35 bits per heavy atom. The van der Waals surface area contributed by atoms with Crippen molar-refractivity contribution in [2.24, 2.45) is 0 Å². The minimum Gasteiger partial charge on any atom is -0.462 e. The Labute approximate surface area is 232 Å². The van der Waals surface area contributed by atoms with Gasteiger partial charge in [-0.25, -0.2) is 9.59 Å². The van der Waals surface area contributed by atoms with E-state index in [-0.39, 0.29) is 11.1 Å². The van der Waals surface area contributed by atoms with Gasteiger partial charge in [0.2, 0.25) is 5.75 Å². The van der Waals surface area contributed by atoms with Crippen molar-refractivity contribution in [1.82, 2.24) is 0 Å². The molecule has 0 fully saturated rings. The summed E-state index contributed by atoms with van der Waals surface area (Å²) in [6, 6.07) is 6.17. The maximum absolute atomic E-state index is 13.2. The SMILES string of the molecule is O=C(OCCCC(F)(F)S(=O)(=O)O)c1ccc([N+](=O)[O-])c(OC(=O)c2cc(I)cc(I)c2I)c1. The number of hydrogen-bond donors (Lipinski definition) is 1. The molecule has 0 aliphatic heterocycles. The number of benzene rings is 2. The summed E-state index contributed by atoms with van der Waals surface area (Å²) < 4.78 is 68.0. The van der Waals surface area contributed by atoms with Crippen LogP contribution < -0.4 is 4.74 Å². The Morgan fingerprint density at radius 2 is 1.76 bits per heavy atom. The molecule has 0 radical (unpaired) electrons. The Hall–Kier alpha value is -1.26. The van der Waals surface area contributed by atoms with Crippen molar-refractivity contribution in [2.45, 2.75) is 18.1 Å². The highest BCUT2D eigenvalue weighted by Crippen LogP contribution is 2.31. The molecular weight excluding hydrogens is 825 g/mol. The molecule has 16 heteroatoms. The number of carbonyl (C=O) groups is 2. The number of nitrogens with zero attached hydrogens (tertiary/aromatic N) is 1. The molecule has 0 atom stereocenters. The normalized spacial score (nSPS) is 11.7. The minimum absolute atomic E-state index is 0.152. The van der Waals surface area contributed by atoms with Gasteiger partial charge in [0.1, 0.15) is 0 Å². The van der Waals surface area contributed by atoms with Gasteiger partial charge in [-0.2, -0.15) is 17.2 Å². The molecule has 0 saturated heterocycles. The molecule has 2 aromatic carbocycles. The number of rotatable bonds is 9. The van der Waals surface area contributed by atoms with Crippen LogP contribution in [0.2, 0.25) is 0 Å². The maximum Gasteiger partial charge on any atom is 0.370 e. The highest BCUT2D eigenvalue weighted by Gasteiger charge is 2.43. The molecule has 0 unspecified atom stereocenters. The lowest BCUT2D eigenvalue weighted by Crippen LogP contribution is -2.28. The monoisotopic (exact) mass is 837 g/mol. The molecule has 0 spiro atoms. The van der Waals surface area contributed by atoms with Gasteiger partial charge in [0, 0.05) is 29.3 Å². The van der Waals surface area contributed by atoms with Crippen molar-refractivity contribution < 1.29 is 45.7 Å². The van der Waals surface area contributed by atoms with E-state index in [1.165, 1.54) is 6.07 Å². The van der Waals surface area contributed by atoms with Gasteiger partial charge in [0.05, 0.1) is 22.7 Å². The van der Waals surface area contributed by atoms with Gasteiger partial charge in [-0.1, -0.05) is 0 Å². The van der Waals surface area contributed by atoms with Gasteiger partial charge in [-0.05, 0) is 92.4 Å². The number of alkyl halides is 2. The highest BCUT2D eigenvalue weighted by atomic mass is 127. The third-order valence-corrected chi connectivity index (χ3v) is 8.66. The minimum atomic E-state index is -5.60. The van der Waals surface area contributed by atoms with Crippen molar-refractivity contribution >= 4 is 95.5 Å². The molecule has 2 rings (SSSR count). The number of esters is 2. The van der Waals surface area contributed by atoms with Crippen LogP contribution in [0.15, 0.2) is 30.3 Å². The van der Waals surface area contributed by atoms with Gasteiger partial charge < -0.3 is 9.47 Å². The zero-order valence-corrected chi connectivity index (χ0v) is 23.8.